The smallest absolute Gasteiger partial charge is 0.253 e. The molecule has 7 nitrogen and oxygen atoms in total. The van der Waals surface area contributed by atoms with Crippen LogP contribution in [0.5, 0.6) is 17.2 Å². The van der Waals surface area contributed by atoms with E-state index >= 15 is 0 Å². The molecule has 0 unspecified atom stereocenters. The molecular weight excluding hydrogens is 298 g/mol. The fourth-order valence-corrected chi connectivity index (χ4v) is 2.43. The van der Waals surface area contributed by atoms with Gasteiger partial charge in [0.05, 0.1) is 37.8 Å². The molecule has 2 aromatic rings. The van der Waals surface area contributed by atoms with Gasteiger partial charge in [0.1, 0.15) is 0 Å². The lowest BCUT2D eigenvalue weighted by Crippen LogP contribution is -2.31. The van der Waals surface area contributed by atoms with Crippen LogP contribution in [0.4, 0.5) is 0 Å². The predicted octanol–water partition coefficient (Wildman–Crippen LogP) is 1.49. The van der Waals surface area contributed by atoms with Crippen LogP contribution in [0.15, 0.2) is 12.3 Å². The van der Waals surface area contributed by atoms with Crippen LogP contribution in [0.3, 0.4) is 0 Å². The molecule has 1 aromatic heterocycles. The van der Waals surface area contributed by atoms with Crippen molar-refractivity contribution in [1.29, 1.82) is 0 Å². The van der Waals surface area contributed by atoms with Gasteiger partial charge < -0.3 is 29.4 Å². The maximum Gasteiger partial charge on any atom is 0.253 e. The van der Waals surface area contributed by atoms with E-state index in [0.717, 1.165) is 12.1 Å². The highest BCUT2D eigenvalue weighted by Crippen LogP contribution is 2.44. The average molecular weight is 321 g/mol. The second-order valence-corrected chi connectivity index (χ2v) is 5.33. The molecule has 0 bridgehead atoms. The quantitative estimate of drug-likeness (QED) is 0.808. The molecule has 0 saturated carbocycles. The maximum atomic E-state index is 12.4. The summed E-state index contributed by atoms with van der Waals surface area (Å²) in [6, 6.07) is 1.79. The summed E-state index contributed by atoms with van der Waals surface area (Å²) in [5, 5.41) is 3.57. The lowest BCUT2D eigenvalue weighted by molar-refractivity contribution is 0.0952. The molecule has 0 fully saturated rings. The second-order valence-electron chi connectivity index (χ2n) is 5.33. The third-order valence-electron chi connectivity index (χ3n) is 3.56. The van der Waals surface area contributed by atoms with Gasteiger partial charge >= 0.3 is 0 Å². The summed E-state index contributed by atoms with van der Waals surface area (Å²) >= 11 is 0. The number of nitrogens with zero attached hydrogens (tertiary/aromatic N) is 1. The van der Waals surface area contributed by atoms with Crippen molar-refractivity contribution in [1.82, 2.24) is 15.2 Å². The number of aromatic nitrogens is 1. The van der Waals surface area contributed by atoms with Crippen LogP contribution in [-0.4, -0.2) is 64.3 Å². The fraction of sp³-hybridized carbons (Fsp3) is 0.438. The van der Waals surface area contributed by atoms with Crippen LogP contribution < -0.4 is 19.5 Å². The summed E-state index contributed by atoms with van der Waals surface area (Å²) in [6.07, 6.45) is 1.66. The Morgan fingerprint density at radius 1 is 1.17 bits per heavy atom. The Morgan fingerprint density at radius 2 is 1.87 bits per heavy atom. The van der Waals surface area contributed by atoms with E-state index in [1.165, 1.54) is 14.2 Å². The Bertz CT molecular complexity index is 694. The molecule has 1 heterocycles. The highest BCUT2D eigenvalue weighted by atomic mass is 16.5. The predicted molar refractivity (Wildman–Crippen MR) is 88.8 cm³/mol. The minimum atomic E-state index is -0.163. The zero-order valence-corrected chi connectivity index (χ0v) is 14.1. The number of H-pyrrole nitrogens is 1. The standard InChI is InChI=1S/C16H23N3O4/c1-19(2)7-6-17-16(20)10-9-18-11-8-12(21-3)14(22-4)15(23-5)13(10)11/h8-9,18H,6-7H2,1-5H3,(H,17,20). The largest absolute Gasteiger partial charge is 0.493 e. The van der Waals surface area contributed by atoms with Gasteiger partial charge in [0, 0.05) is 25.4 Å². The zero-order chi connectivity index (χ0) is 17.0. The van der Waals surface area contributed by atoms with E-state index in [2.05, 4.69) is 10.3 Å². The summed E-state index contributed by atoms with van der Waals surface area (Å²) in [6.45, 7) is 1.33. The van der Waals surface area contributed by atoms with Gasteiger partial charge in [-0.3, -0.25) is 4.79 Å². The minimum Gasteiger partial charge on any atom is -0.493 e. The van der Waals surface area contributed by atoms with Gasteiger partial charge in [-0.25, -0.2) is 0 Å². The molecule has 0 atom stereocenters. The third-order valence-corrected chi connectivity index (χ3v) is 3.56. The Labute approximate surface area is 135 Å². The first-order chi connectivity index (χ1) is 11.0. The summed E-state index contributed by atoms with van der Waals surface area (Å²) in [5.41, 5.74) is 1.26. The Kier molecular flexibility index (Phi) is 5.33. The van der Waals surface area contributed by atoms with Crippen LogP contribution in [0.25, 0.3) is 10.9 Å². The second kappa shape index (κ2) is 7.23. The summed E-state index contributed by atoms with van der Waals surface area (Å²) in [4.78, 5) is 17.5. The normalized spacial score (nSPS) is 10.9. The molecule has 1 amide bonds. The summed E-state index contributed by atoms with van der Waals surface area (Å²) in [5.74, 6) is 1.31. The van der Waals surface area contributed by atoms with Gasteiger partial charge in [-0.2, -0.15) is 0 Å². The van der Waals surface area contributed by atoms with Gasteiger partial charge in [0.15, 0.2) is 11.5 Å². The molecule has 2 N–H and O–H groups in total. The van der Waals surface area contributed by atoms with Crippen LogP contribution in [0, 0.1) is 0 Å². The molecule has 2 rings (SSSR count). The molecule has 23 heavy (non-hydrogen) atoms. The number of rotatable bonds is 7. The third kappa shape index (κ3) is 3.34. The van der Waals surface area contributed by atoms with Crippen LogP contribution in [-0.2, 0) is 0 Å². The molecule has 0 saturated heterocycles. The van der Waals surface area contributed by atoms with E-state index in [1.807, 2.05) is 19.0 Å². The van der Waals surface area contributed by atoms with Crippen molar-refractivity contribution in [3.8, 4) is 17.2 Å². The van der Waals surface area contributed by atoms with E-state index < -0.39 is 0 Å². The number of fused-ring (bicyclic) bond motifs is 1. The first-order valence-electron chi connectivity index (χ1n) is 7.26. The molecule has 126 valence electrons. The van der Waals surface area contributed by atoms with Gasteiger partial charge in [-0.05, 0) is 14.1 Å². The number of likely N-dealkylation sites (N-methyl/N-ethyl adjacent to an activating group) is 1. The van der Waals surface area contributed by atoms with Crippen molar-refractivity contribution < 1.29 is 19.0 Å². The number of benzene rings is 1. The molecular formula is C16H23N3O4. The molecule has 0 aliphatic carbocycles. The number of carbonyl (C=O) groups excluding carboxylic acids is 1. The van der Waals surface area contributed by atoms with Crippen molar-refractivity contribution in [2.24, 2.45) is 0 Å². The van der Waals surface area contributed by atoms with E-state index in [1.54, 1.807) is 19.4 Å². The number of nitrogens with one attached hydrogen (secondary N) is 2. The molecule has 0 radical (unpaired) electrons. The van der Waals surface area contributed by atoms with Gasteiger partial charge in [-0.15, -0.1) is 0 Å². The van der Waals surface area contributed by atoms with E-state index in [4.69, 9.17) is 14.2 Å². The SMILES string of the molecule is COc1cc2[nH]cc(C(=O)NCCN(C)C)c2c(OC)c1OC. The average Bonchev–Trinajstić information content (AvgIpc) is 2.95. The lowest BCUT2D eigenvalue weighted by atomic mass is 10.1. The van der Waals surface area contributed by atoms with E-state index in [-0.39, 0.29) is 5.91 Å². The molecule has 0 spiro atoms. The minimum absolute atomic E-state index is 0.163. The molecule has 0 aliphatic heterocycles. The van der Waals surface area contributed by atoms with Crippen LogP contribution in [0.1, 0.15) is 10.4 Å². The zero-order valence-electron chi connectivity index (χ0n) is 14.1. The summed E-state index contributed by atoms with van der Waals surface area (Å²) < 4.78 is 16.2. The first kappa shape index (κ1) is 17.0. The number of methoxy groups -OCH3 is 3. The Hall–Kier alpha value is -2.41. The Morgan fingerprint density at radius 3 is 2.43 bits per heavy atom. The van der Waals surface area contributed by atoms with Crippen molar-refractivity contribution in [3.63, 3.8) is 0 Å². The number of carbonyl (C=O) groups is 1. The van der Waals surface area contributed by atoms with Crippen molar-refractivity contribution in [2.45, 2.75) is 0 Å². The molecule has 0 aliphatic rings. The van der Waals surface area contributed by atoms with E-state index in [0.29, 0.717) is 34.7 Å². The number of amides is 1. The number of ether oxygens (including phenoxy) is 3. The lowest BCUT2D eigenvalue weighted by Gasteiger charge is -2.14. The van der Waals surface area contributed by atoms with Gasteiger partial charge in [0.2, 0.25) is 5.75 Å². The van der Waals surface area contributed by atoms with E-state index in [9.17, 15) is 4.79 Å². The number of aromatic amines is 1. The van der Waals surface area contributed by atoms with Crippen LogP contribution >= 0.6 is 0 Å². The first-order valence-corrected chi connectivity index (χ1v) is 7.26. The fourth-order valence-electron chi connectivity index (χ4n) is 2.43. The molecule has 7 heteroatoms. The highest BCUT2D eigenvalue weighted by Gasteiger charge is 2.22. The monoisotopic (exact) mass is 321 g/mol. The van der Waals surface area contributed by atoms with Crippen molar-refractivity contribution in [2.75, 3.05) is 48.5 Å². The summed E-state index contributed by atoms with van der Waals surface area (Å²) in [7, 11) is 8.55. The van der Waals surface area contributed by atoms with Crippen molar-refractivity contribution in [3.05, 3.63) is 17.8 Å². The van der Waals surface area contributed by atoms with Crippen molar-refractivity contribution >= 4 is 16.8 Å². The maximum absolute atomic E-state index is 12.4. The number of hydrogen-bond acceptors (Lipinski definition) is 5. The number of hydrogen-bond donors (Lipinski definition) is 2. The highest BCUT2D eigenvalue weighted by molar-refractivity contribution is 6.10. The van der Waals surface area contributed by atoms with Gasteiger partial charge in [-0.1, -0.05) is 0 Å². The Balaban J connectivity index is 2.44. The molecule has 1 aromatic carbocycles. The van der Waals surface area contributed by atoms with Crippen LogP contribution in [0.2, 0.25) is 0 Å². The van der Waals surface area contributed by atoms with Gasteiger partial charge in [0.25, 0.3) is 5.91 Å². The topological polar surface area (TPSA) is 75.8 Å².